The summed E-state index contributed by atoms with van der Waals surface area (Å²) in [5, 5.41) is 4.90. The Balaban J connectivity index is 1.41. The van der Waals surface area contributed by atoms with E-state index in [-0.39, 0.29) is 18.2 Å². The molecule has 4 aromatic rings. The van der Waals surface area contributed by atoms with Crippen LogP contribution in [0.15, 0.2) is 78.9 Å². The zero-order valence-corrected chi connectivity index (χ0v) is 26.0. The second-order valence-electron chi connectivity index (χ2n) is 12.2. The van der Waals surface area contributed by atoms with E-state index in [0.717, 1.165) is 26.5 Å². The van der Waals surface area contributed by atoms with Crippen molar-refractivity contribution in [2.75, 3.05) is 0 Å². The molecule has 3 amide bonds. The van der Waals surface area contributed by atoms with Crippen LogP contribution in [0.2, 0.25) is 0 Å². The molecule has 2 heterocycles. The monoisotopic (exact) mass is 615 g/mol. The summed E-state index contributed by atoms with van der Waals surface area (Å²) in [5.41, 5.74) is 2.99. The van der Waals surface area contributed by atoms with E-state index in [1.807, 2.05) is 66.7 Å². The number of carbonyl (C=O) groups excluding carboxylic acids is 3. The molecule has 230 valence electrons. The van der Waals surface area contributed by atoms with Crippen molar-refractivity contribution >= 4 is 38.8 Å². The molecule has 10 nitrogen and oxygen atoms in total. The Kier molecular flexibility index (Phi) is 8.60. The van der Waals surface area contributed by atoms with Crippen molar-refractivity contribution in [3.63, 3.8) is 0 Å². The Bertz CT molecular complexity index is 1750. The second-order valence-corrected chi connectivity index (χ2v) is 14.1. The van der Waals surface area contributed by atoms with Crippen molar-refractivity contribution in [3.05, 3.63) is 101 Å². The minimum Gasteiger partial charge on any atom is -0.344 e. The average Bonchev–Trinajstić information content (AvgIpc) is 3.50. The van der Waals surface area contributed by atoms with Gasteiger partial charge in [0.2, 0.25) is 27.7 Å². The average molecular weight is 616 g/mol. The predicted molar refractivity (Wildman–Crippen MR) is 168 cm³/mol. The lowest BCUT2D eigenvalue weighted by Gasteiger charge is -2.30. The number of rotatable bonds is 9. The van der Waals surface area contributed by atoms with Gasteiger partial charge in [-0.05, 0) is 56.0 Å². The molecule has 5 rings (SSSR count). The first-order valence-electron chi connectivity index (χ1n) is 14.5. The van der Waals surface area contributed by atoms with Gasteiger partial charge in [0, 0.05) is 13.3 Å². The van der Waals surface area contributed by atoms with Gasteiger partial charge in [-0.15, -0.1) is 0 Å². The van der Waals surface area contributed by atoms with Crippen molar-refractivity contribution in [2.24, 2.45) is 0 Å². The van der Waals surface area contributed by atoms with Gasteiger partial charge >= 0.3 is 0 Å². The maximum absolute atomic E-state index is 13.6. The minimum atomic E-state index is -3.87. The van der Waals surface area contributed by atoms with E-state index in [9.17, 15) is 22.8 Å². The van der Waals surface area contributed by atoms with Crippen LogP contribution in [0, 0.1) is 0 Å². The molecule has 11 heteroatoms. The molecule has 1 aliphatic heterocycles. The topological polar surface area (TPSA) is 141 Å². The number of aromatic nitrogens is 2. The first-order valence-corrected chi connectivity index (χ1v) is 16.0. The molecule has 44 heavy (non-hydrogen) atoms. The van der Waals surface area contributed by atoms with Crippen molar-refractivity contribution in [3.8, 4) is 0 Å². The van der Waals surface area contributed by atoms with E-state index in [1.165, 1.54) is 6.92 Å². The number of aromatic amines is 1. The Labute approximate surface area is 257 Å². The Hall–Kier alpha value is -4.51. The standard InChI is InChI=1S/C33H37N5O5S/c1-21(39)34-28(19-22-10-6-5-7-11-22)32(41)37-27(31-35-25-12-8-9-13-26(25)36-31)18-23-14-16-24(17-15-23)29-20-30(40)38(33(2,3)4)44(29,42)43/h5-17,27-29H,18-20H2,1-4H3,(H,34,39)(H,35,36)(H,37,41)/t27-,28-,29-/m0/s1. The molecule has 0 saturated carbocycles. The van der Waals surface area contributed by atoms with Gasteiger partial charge in [-0.1, -0.05) is 66.7 Å². The summed E-state index contributed by atoms with van der Waals surface area (Å²) in [6.45, 7) is 6.49. The van der Waals surface area contributed by atoms with Crippen LogP contribution in [0.25, 0.3) is 11.0 Å². The van der Waals surface area contributed by atoms with E-state index in [1.54, 1.807) is 32.9 Å². The highest BCUT2D eigenvalue weighted by Crippen LogP contribution is 2.40. The first kappa shape index (κ1) is 30.9. The quantitative estimate of drug-likeness (QED) is 0.259. The van der Waals surface area contributed by atoms with Crippen LogP contribution in [0.1, 0.15) is 67.9 Å². The number of fused-ring (bicyclic) bond motifs is 1. The molecule has 3 atom stereocenters. The Morgan fingerprint density at radius 1 is 0.932 bits per heavy atom. The second kappa shape index (κ2) is 12.2. The summed E-state index contributed by atoms with van der Waals surface area (Å²) >= 11 is 0. The molecular formula is C33H37N5O5S. The highest BCUT2D eigenvalue weighted by molar-refractivity contribution is 7.90. The fraction of sp³-hybridized carbons (Fsp3) is 0.333. The largest absolute Gasteiger partial charge is 0.344 e. The zero-order chi connectivity index (χ0) is 31.6. The SMILES string of the molecule is CC(=O)N[C@@H](Cc1ccccc1)C(=O)N[C@@H](Cc1ccc([C@@H]2CC(=O)N(C(C)(C)C)S2(=O)=O)cc1)c1nc2ccccc2[nH]1. The van der Waals surface area contributed by atoms with Crippen molar-refractivity contribution in [2.45, 2.75) is 69.8 Å². The van der Waals surface area contributed by atoms with E-state index in [0.29, 0.717) is 24.2 Å². The summed E-state index contributed by atoms with van der Waals surface area (Å²) < 4.78 is 27.6. The first-order chi connectivity index (χ1) is 20.8. The number of nitrogens with zero attached hydrogens (tertiary/aromatic N) is 2. The van der Waals surface area contributed by atoms with Crippen LogP contribution in [-0.2, 0) is 37.2 Å². The van der Waals surface area contributed by atoms with E-state index < -0.39 is 38.8 Å². The van der Waals surface area contributed by atoms with Gasteiger partial charge in [0.1, 0.15) is 17.1 Å². The summed E-state index contributed by atoms with van der Waals surface area (Å²) in [5.74, 6) is -0.538. The summed E-state index contributed by atoms with van der Waals surface area (Å²) in [4.78, 5) is 46.4. The van der Waals surface area contributed by atoms with Gasteiger partial charge in [-0.3, -0.25) is 14.4 Å². The summed E-state index contributed by atoms with van der Waals surface area (Å²) in [7, 11) is -3.87. The predicted octanol–water partition coefficient (Wildman–Crippen LogP) is 4.11. The van der Waals surface area contributed by atoms with E-state index >= 15 is 0 Å². The normalized spacial score (nSPS) is 17.8. The number of para-hydroxylation sites is 2. The summed E-state index contributed by atoms with van der Waals surface area (Å²) in [6, 6.07) is 22.7. The zero-order valence-electron chi connectivity index (χ0n) is 25.2. The highest BCUT2D eigenvalue weighted by Gasteiger charge is 2.49. The molecule has 1 saturated heterocycles. The third kappa shape index (κ3) is 6.67. The number of hydrogen-bond donors (Lipinski definition) is 3. The van der Waals surface area contributed by atoms with Crippen LogP contribution >= 0.6 is 0 Å². The lowest BCUT2D eigenvalue weighted by molar-refractivity contribution is -0.128. The smallest absolute Gasteiger partial charge is 0.245 e. The van der Waals surface area contributed by atoms with Gasteiger partial charge < -0.3 is 15.6 Å². The van der Waals surface area contributed by atoms with Crippen LogP contribution < -0.4 is 10.6 Å². The van der Waals surface area contributed by atoms with Gasteiger partial charge in [0.15, 0.2) is 0 Å². The van der Waals surface area contributed by atoms with Gasteiger partial charge in [0.25, 0.3) is 0 Å². The third-order valence-electron chi connectivity index (χ3n) is 7.63. The molecule has 0 radical (unpaired) electrons. The molecule has 0 spiro atoms. The number of hydrogen-bond acceptors (Lipinski definition) is 6. The molecular weight excluding hydrogens is 578 g/mol. The number of imidazole rings is 1. The van der Waals surface area contributed by atoms with Gasteiger partial charge in [-0.25, -0.2) is 17.7 Å². The minimum absolute atomic E-state index is 0.109. The third-order valence-corrected chi connectivity index (χ3v) is 10.1. The summed E-state index contributed by atoms with van der Waals surface area (Å²) in [6.07, 6.45) is 0.547. The van der Waals surface area contributed by atoms with Gasteiger partial charge in [0.05, 0.1) is 29.0 Å². The van der Waals surface area contributed by atoms with Crippen LogP contribution in [0.3, 0.4) is 0 Å². The fourth-order valence-electron chi connectivity index (χ4n) is 5.70. The molecule has 0 bridgehead atoms. The molecule has 3 aromatic carbocycles. The number of carbonyl (C=O) groups is 3. The van der Waals surface area contributed by atoms with Crippen LogP contribution in [0.5, 0.6) is 0 Å². The number of sulfonamides is 1. The fourth-order valence-corrected chi connectivity index (χ4v) is 7.93. The van der Waals surface area contributed by atoms with Crippen molar-refractivity contribution in [1.29, 1.82) is 0 Å². The molecule has 1 aliphatic rings. The maximum atomic E-state index is 13.6. The number of amides is 3. The maximum Gasteiger partial charge on any atom is 0.245 e. The lowest BCUT2D eigenvalue weighted by Crippen LogP contribution is -2.48. The van der Waals surface area contributed by atoms with Crippen LogP contribution in [0.4, 0.5) is 0 Å². The van der Waals surface area contributed by atoms with Crippen molar-refractivity contribution < 1.29 is 22.8 Å². The number of H-pyrrole nitrogens is 1. The van der Waals surface area contributed by atoms with Crippen molar-refractivity contribution in [1.82, 2.24) is 24.9 Å². The molecule has 0 unspecified atom stereocenters. The number of nitrogens with one attached hydrogen (secondary N) is 3. The number of benzene rings is 3. The van der Waals surface area contributed by atoms with E-state index in [4.69, 9.17) is 4.98 Å². The van der Waals surface area contributed by atoms with E-state index in [2.05, 4.69) is 15.6 Å². The van der Waals surface area contributed by atoms with Gasteiger partial charge in [-0.2, -0.15) is 0 Å². The molecule has 3 N–H and O–H groups in total. The molecule has 1 aromatic heterocycles. The Morgan fingerprint density at radius 2 is 1.57 bits per heavy atom. The van der Waals surface area contributed by atoms with Crippen LogP contribution in [-0.4, -0.2) is 52.0 Å². The molecule has 1 fully saturated rings. The lowest BCUT2D eigenvalue weighted by atomic mass is 10.00. The highest BCUT2D eigenvalue weighted by atomic mass is 32.2. The Morgan fingerprint density at radius 3 is 2.18 bits per heavy atom. The molecule has 0 aliphatic carbocycles.